The van der Waals surface area contributed by atoms with Crippen molar-refractivity contribution in [1.82, 2.24) is 9.80 Å². The molecule has 0 aromatic rings. The number of amides is 2. The molecule has 1 heterocycles. The molecule has 2 fully saturated rings. The van der Waals surface area contributed by atoms with Crippen LogP contribution in [0.2, 0.25) is 0 Å². The van der Waals surface area contributed by atoms with Gasteiger partial charge in [0.2, 0.25) is 5.91 Å². The Bertz CT molecular complexity index is 427. The topological polar surface area (TPSA) is 75.9 Å². The zero-order valence-electron chi connectivity index (χ0n) is 14.2. The molecule has 126 valence electrons. The zero-order chi connectivity index (χ0) is 16.5. The number of carbonyl (C=O) groups excluding carboxylic acids is 2. The van der Waals surface area contributed by atoms with Gasteiger partial charge < -0.3 is 20.3 Å². The molecule has 1 aliphatic carbocycles. The van der Waals surface area contributed by atoms with Crippen molar-refractivity contribution in [3.63, 3.8) is 0 Å². The van der Waals surface area contributed by atoms with Crippen molar-refractivity contribution < 1.29 is 14.3 Å². The molecule has 1 aliphatic heterocycles. The van der Waals surface area contributed by atoms with E-state index in [4.69, 9.17) is 10.5 Å². The van der Waals surface area contributed by atoms with Gasteiger partial charge in [0.1, 0.15) is 5.60 Å². The predicted molar refractivity (Wildman–Crippen MR) is 84.3 cm³/mol. The third-order valence-electron chi connectivity index (χ3n) is 4.03. The second-order valence-corrected chi connectivity index (χ2v) is 7.49. The minimum atomic E-state index is -0.498. The molecular weight excluding hydrogens is 282 g/mol. The zero-order valence-corrected chi connectivity index (χ0v) is 14.2. The third kappa shape index (κ3) is 4.35. The number of carbonyl (C=O) groups is 2. The Morgan fingerprint density at radius 3 is 2.36 bits per heavy atom. The maximum Gasteiger partial charge on any atom is 0.410 e. The average Bonchev–Trinajstić information content (AvgIpc) is 3.22. The molecule has 2 amide bonds. The van der Waals surface area contributed by atoms with Crippen LogP contribution in [0.1, 0.15) is 53.4 Å². The molecule has 1 saturated carbocycles. The van der Waals surface area contributed by atoms with E-state index in [0.29, 0.717) is 19.1 Å². The largest absolute Gasteiger partial charge is 0.444 e. The molecule has 2 atom stereocenters. The van der Waals surface area contributed by atoms with Gasteiger partial charge in [-0.1, -0.05) is 0 Å². The van der Waals surface area contributed by atoms with Gasteiger partial charge in [0, 0.05) is 25.2 Å². The van der Waals surface area contributed by atoms with Gasteiger partial charge in [-0.15, -0.1) is 0 Å². The smallest absolute Gasteiger partial charge is 0.410 e. The van der Waals surface area contributed by atoms with Crippen LogP contribution >= 0.6 is 0 Å². The average molecular weight is 311 g/mol. The Labute approximate surface area is 132 Å². The molecular formula is C16H29N3O3. The van der Waals surface area contributed by atoms with Gasteiger partial charge in [-0.25, -0.2) is 4.79 Å². The molecule has 0 aromatic heterocycles. The quantitative estimate of drug-likeness (QED) is 0.861. The summed E-state index contributed by atoms with van der Waals surface area (Å²) in [6.07, 6.45) is 3.61. The first-order chi connectivity index (χ1) is 10.2. The number of likely N-dealkylation sites (tertiary alicyclic amines) is 1. The molecule has 0 aromatic carbocycles. The Hall–Kier alpha value is -1.30. The lowest BCUT2D eigenvalue weighted by atomic mass is 10.0. The second kappa shape index (κ2) is 6.44. The third-order valence-corrected chi connectivity index (χ3v) is 4.03. The van der Waals surface area contributed by atoms with Gasteiger partial charge in [0.05, 0.1) is 6.04 Å². The molecule has 6 nitrogen and oxygen atoms in total. The highest BCUT2D eigenvalue weighted by molar-refractivity contribution is 5.82. The monoisotopic (exact) mass is 311 g/mol. The van der Waals surface area contributed by atoms with Crippen molar-refractivity contribution in [1.29, 1.82) is 0 Å². The molecule has 2 N–H and O–H groups in total. The lowest BCUT2D eigenvalue weighted by molar-refractivity contribution is -0.136. The summed E-state index contributed by atoms with van der Waals surface area (Å²) in [5.74, 6) is -0.00135. The van der Waals surface area contributed by atoms with E-state index >= 15 is 0 Å². The first kappa shape index (κ1) is 17.1. The van der Waals surface area contributed by atoms with Gasteiger partial charge in [-0.2, -0.15) is 0 Å². The van der Waals surface area contributed by atoms with Gasteiger partial charge >= 0.3 is 6.09 Å². The summed E-state index contributed by atoms with van der Waals surface area (Å²) in [5.41, 5.74) is 5.29. The van der Waals surface area contributed by atoms with E-state index in [1.807, 2.05) is 25.7 Å². The highest BCUT2D eigenvalue weighted by Crippen LogP contribution is 2.32. The standard InChI is InChI=1S/C16H29N3O3/c1-11(17)14(20)19(12-7-8-12)13-6-5-9-18(10-13)15(21)22-16(2,3)4/h11-13H,5-10,17H2,1-4H3/t11-,13?/m0/s1. The van der Waals surface area contributed by atoms with Crippen LogP contribution in [0, 0.1) is 0 Å². The molecule has 1 unspecified atom stereocenters. The number of rotatable bonds is 3. The maximum atomic E-state index is 12.4. The lowest BCUT2D eigenvalue weighted by Crippen LogP contribution is -2.56. The molecule has 0 radical (unpaired) electrons. The summed E-state index contributed by atoms with van der Waals surface area (Å²) >= 11 is 0. The van der Waals surface area contributed by atoms with Crippen LogP contribution in [0.5, 0.6) is 0 Å². The summed E-state index contributed by atoms with van der Waals surface area (Å²) in [6, 6.07) is -0.119. The lowest BCUT2D eigenvalue weighted by Gasteiger charge is -2.40. The second-order valence-electron chi connectivity index (χ2n) is 7.49. The van der Waals surface area contributed by atoms with Crippen LogP contribution in [0.4, 0.5) is 4.79 Å². The number of nitrogens with zero attached hydrogens (tertiary/aromatic N) is 2. The van der Waals surface area contributed by atoms with Crippen LogP contribution in [0.3, 0.4) is 0 Å². The van der Waals surface area contributed by atoms with E-state index in [-0.39, 0.29) is 18.0 Å². The van der Waals surface area contributed by atoms with Crippen LogP contribution in [-0.4, -0.2) is 58.6 Å². The fourth-order valence-corrected chi connectivity index (χ4v) is 2.92. The molecule has 2 rings (SSSR count). The fraction of sp³-hybridized carbons (Fsp3) is 0.875. The molecule has 1 saturated heterocycles. The summed E-state index contributed by atoms with van der Waals surface area (Å²) in [7, 11) is 0. The number of hydrogen-bond acceptors (Lipinski definition) is 4. The van der Waals surface area contributed by atoms with Crippen LogP contribution in [0.25, 0.3) is 0 Å². The number of hydrogen-bond donors (Lipinski definition) is 1. The van der Waals surface area contributed by atoms with E-state index in [1.165, 1.54) is 0 Å². The number of ether oxygens (including phenoxy) is 1. The van der Waals surface area contributed by atoms with Crippen molar-refractivity contribution in [2.24, 2.45) is 5.73 Å². The van der Waals surface area contributed by atoms with Crippen molar-refractivity contribution in [2.45, 2.75) is 77.1 Å². The molecule has 0 spiro atoms. The van der Waals surface area contributed by atoms with E-state index in [9.17, 15) is 9.59 Å². The minimum Gasteiger partial charge on any atom is -0.444 e. The number of nitrogens with two attached hydrogens (primary N) is 1. The summed E-state index contributed by atoms with van der Waals surface area (Å²) in [4.78, 5) is 28.3. The van der Waals surface area contributed by atoms with E-state index in [1.54, 1.807) is 11.8 Å². The number of piperidine rings is 1. The summed E-state index contributed by atoms with van der Waals surface area (Å²) < 4.78 is 5.45. The van der Waals surface area contributed by atoms with Crippen LogP contribution in [0.15, 0.2) is 0 Å². The highest BCUT2D eigenvalue weighted by Gasteiger charge is 2.40. The first-order valence-electron chi connectivity index (χ1n) is 8.24. The Morgan fingerprint density at radius 1 is 1.23 bits per heavy atom. The summed E-state index contributed by atoms with van der Waals surface area (Å²) in [6.45, 7) is 8.56. The summed E-state index contributed by atoms with van der Waals surface area (Å²) in [5, 5.41) is 0. The SMILES string of the molecule is C[C@H](N)C(=O)N(C1CC1)C1CCCN(C(=O)OC(C)(C)C)C1. The van der Waals surface area contributed by atoms with Gasteiger partial charge in [0.25, 0.3) is 0 Å². The van der Waals surface area contributed by atoms with Crippen molar-refractivity contribution in [3.05, 3.63) is 0 Å². The van der Waals surface area contributed by atoms with Crippen LogP contribution in [-0.2, 0) is 9.53 Å². The van der Waals surface area contributed by atoms with Crippen LogP contribution < -0.4 is 5.73 Å². The predicted octanol–water partition coefficient (Wildman–Crippen LogP) is 1.72. The maximum absolute atomic E-state index is 12.4. The highest BCUT2D eigenvalue weighted by atomic mass is 16.6. The van der Waals surface area contributed by atoms with Gasteiger partial charge in [-0.05, 0) is 53.4 Å². The fourth-order valence-electron chi connectivity index (χ4n) is 2.92. The minimum absolute atomic E-state index is 0.00135. The first-order valence-corrected chi connectivity index (χ1v) is 8.24. The Kier molecular flexibility index (Phi) is 5.00. The van der Waals surface area contributed by atoms with E-state index in [0.717, 1.165) is 25.7 Å². The Balaban J connectivity index is 2.02. The normalized spacial score (nSPS) is 23.9. The van der Waals surface area contributed by atoms with E-state index < -0.39 is 11.6 Å². The molecule has 2 aliphatic rings. The molecule has 22 heavy (non-hydrogen) atoms. The molecule has 6 heteroatoms. The van der Waals surface area contributed by atoms with Gasteiger partial charge in [0.15, 0.2) is 0 Å². The molecule has 0 bridgehead atoms. The van der Waals surface area contributed by atoms with Crippen molar-refractivity contribution in [2.75, 3.05) is 13.1 Å². The van der Waals surface area contributed by atoms with Gasteiger partial charge in [-0.3, -0.25) is 4.79 Å². The Morgan fingerprint density at radius 2 is 1.86 bits per heavy atom. The van der Waals surface area contributed by atoms with Crippen molar-refractivity contribution >= 4 is 12.0 Å². The van der Waals surface area contributed by atoms with Crippen molar-refractivity contribution in [3.8, 4) is 0 Å². The van der Waals surface area contributed by atoms with E-state index in [2.05, 4.69) is 0 Å².